The standard InChI is InChI=1S/C21H30O3/c1-16(2)7-6-8-17(3)13-14-24-21(22)12-10-19-15-20(23-5)11-9-18(19)4/h7,9-12,15,17H,6,8,13-14H2,1-5H3/b12-10+. The van der Waals surface area contributed by atoms with E-state index in [4.69, 9.17) is 9.47 Å². The second-order valence-corrected chi connectivity index (χ2v) is 6.48. The van der Waals surface area contributed by atoms with Gasteiger partial charge in [0, 0.05) is 6.08 Å². The van der Waals surface area contributed by atoms with Crippen LogP contribution in [0.15, 0.2) is 35.9 Å². The summed E-state index contributed by atoms with van der Waals surface area (Å²) in [4.78, 5) is 11.8. The van der Waals surface area contributed by atoms with Gasteiger partial charge in [-0.1, -0.05) is 24.6 Å². The second kappa shape index (κ2) is 10.7. The number of ether oxygens (including phenoxy) is 2. The van der Waals surface area contributed by atoms with Crippen LogP contribution in [0.3, 0.4) is 0 Å². The first kappa shape index (κ1) is 20.0. The molecule has 0 heterocycles. The topological polar surface area (TPSA) is 35.5 Å². The van der Waals surface area contributed by atoms with E-state index in [-0.39, 0.29) is 5.97 Å². The Morgan fingerprint density at radius 2 is 2.00 bits per heavy atom. The SMILES string of the molecule is COc1ccc(C)c(/C=C/C(=O)OCCC(C)CCC=C(C)C)c1. The van der Waals surface area contributed by atoms with E-state index in [0.29, 0.717) is 12.5 Å². The number of aryl methyl sites for hydroxylation is 1. The Kier molecular flexibility index (Phi) is 8.92. The predicted octanol–water partition coefficient (Wildman–Crippen LogP) is 5.33. The van der Waals surface area contributed by atoms with Crippen LogP contribution in [0.25, 0.3) is 6.08 Å². The van der Waals surface area contributed by atoms with Gasteiger partial charge >= 0.3 is 5.97 Å². The van der Waals surface area contributed by atoms with E-state index in [1.807, 2.05) is 25.1 Å². The maximum absolute atomic E-state index is 11.8. The van der Waals surface area contributed by atoms with Gasteiger partial charge in [0.05, 0.1) is 13.7 Å². The van der Waals surface area contributed by atoms with E-state index in [1.165, 1.54) is 11.6 Å². The van der Waals surface area contributed by atoms with Crippen molar-refractivity contribution in [3.05, 3.63) is 47.1 Å². The van der Waals surface area contributed by atoms with Gasteiger partial charge in [-0.15, -0.1) is 0 Å². The van der Waals surface area contributed by atoms with Crippen molar-refractivity contribution < 1.29 is 14.3 Å². The minimum absolute atomic E-state index is 0.297. The zero-order valence-electron chi connectivity index (χ0n) is 15.6. The number of hydrogen-bond donors (Lipinski definition) is 0. The monoisotopic (exact) mass is 330 g/mol. The van der Waals surface area contributed by atoms with E-state index in [1.54, 1.807) is 13.2 Å². The summed E-state index contributed by atoms with van der Waals surface area (Å²) in [7, 11) is 1.63. The molecule has 0 aliphatic carbocycles. The maximum Gasteiger partial charge on any atom is 0.330 e. The van der Waals surface area contributed by atoms with E-state index < -0.39 is 0 Å². The Hall–Kier alpha value is -2.03. The fourth-order valence-electron chi connectivity index (χ4n) is 2.29. The van der Waals surface area contributed by atoms with Crippen LogP contribution in [0.1, 0.15) is 51.2 Å². The molecule has 0 spiro atoms. The van der Waals surface area contributed by atoms with Crippen LogP contribution >= 0.6 is 0 Å². The highest BCUT2D eigenvalue weighted by Crippen LogP contribution is 2.18. The third kappa shape index (κ3) is 8.00. The van der Waals surface area contributed by atoms with Crippen molar-refractivity contribution in [2.24, 2.45) is 5.92 Å². The normalized spacial score (nSPS) is 12.0. The summed E-state index contributed by atoms with van der Waals surface area (Å²) in [6.45, 7) is 8.89. The van der Waals surface area contributed by atoms with Gasteiger partial charge < -0.3 is 9.47 Å². The Morgan fingerprint density at radius 1 is 1.25 bits per heavy atom. The zero-order chi connectivity index (χ0) is 17.9. The van der Waals surface area contributed by atoms with Crippen LogP contribution in [0, 0.1) is 12.8 Å². The third-order valence-corrected chi connectivity index (χ3v) is 3.95. The van der Waals surface area contributed by atoms with Crippen molar-refractivity contribution in [3.63, 3.8) is 0 Å². The summed E-state index contributed by atoms with van der Waals surface area (Å²) in [5.41, 5.74) is 3.40. The lowest BCUT2D eigenvalue weighted by Crippen LogP contribution is -2.06. The molecule has 0 aliphatic heterocycles. The van der Waals surface area contributed by atoms with Crippen LogP contribution in [0.4, 0.5) is 0 Å². The largest absolute Gasteiger partial charge is 0.497 e. The summed E-state index contributed by atoms with van der Waals surface area (Å²) in [5, 5.41) is 0. The lowest BCUT2D eigenvalue weighted by molar-refractivity contribution is -0.138. The minimum atomic E-state index is -0.297. The lowest BCUT2D eigenvalue weighted by Gasteiger charge is -2.10. The number of methoxy groups -OCH3 is 1. The Balaban J connectivity index is 2.37. The molecule has 1 unspecified atom stereocenters. The molecule has 24 heavy (non-hydrogen) atoms. The van der Waals surface area contributed by atoms with Gasteiger partial charge in [-0.2, -0.15) is 0 Å². The van der Waals surface area contributed by atoms with Crippen LogP contribution in [-0.4, -0.2) is 19.7 Å². The van der Waals surface area contributed by atoms with Crippen molar-refractivity contribution >= 4 is 12.0 Å². The van der Waals surface area contributed by atoms with E-state index in [9.17, 15) is 4.79 Å². The van der Waals surface area contributed by atoms with Gasteiger partial charge in [0.15, 0.2) is 0 Å². The number of benzene rings is 1. The molecule has 0 amide bonds. The van der Waals surface area contributed by atoms with E-state index in [2.05, 4.69) is 26.8 Å². The average Bonchev–Trinajstić information content (AvgIpc) is 2.53. The maximum atomic E-state index is 11.8. The second-order valence-electron chi connectivity index (χ2n) is 6.48. The molecule has 0 fully saturated rings. The predicted molar refractivity (Wildman–Crippen MR) is 100 cm³/mol. The molecule has 3 nitrogen and oxygen atoms in total. The van der Waals surface area contributed by atoms with Crippen molar-refractivity contribution in [3.8, 4) is 5.75 Å². The quantitative estimate of drug-likeness (QED) is 0.348. The molecule has 1 atom stereocenters. The molecule has 1 aromatic carbocycles. The van der Waals surface area contributed by atoms with Crippen molar-refractivity contribution in [2.45, 2.75) is 47.0 Å². The number of rotatable bonds is 9. The highest BCUT2D eigenvalue weighted by Gasteiger charge is 2.04. The number of carbonyl (C=O) groups is 1. The minimum Gasteiger partial charge on any atom is -0.497 e. The van der Waals surface area contributed by atoms with Gasteiger partial charge in [-0.05, 0) is 75.3 Å². The molecular weight excluding hydrogens is 300 g/mol. The molecule has 0 radical (unpaired) electrons. The van der Waals surface area contributed by atoms with Gasteiger partial charge in [0.1, 0.15) is 5.75 Å². The molecule has 1 aromatic rings. The summed E-state index contributed by atoms with van der Waals surface area (Å²) in [6, 6.07) is 5.78. The highest BCUT2D eigenvalue weighted by molar-refractivity contribution is 5.87. The average molecular weight is 330 g/mol. The van der Waals surface area contributed by atoms with Gasteiger partial charge in [0.25, 0.3) is 0 Å². The highest BCUT2D eigenvalue weighted by atomic mass is 16.5. The molecule has 3 heteroatoms. The molecule has 0 N–H and O–H groups in total. The van der Waals surface area contributed by atoms with E-state index >= 15 is 0 Å². The van der Waals surface area contributed by atoms with Gasteiger partial charge in [-0.3, -0.25) is 0 Å². The molecule has 0 saturated heterocycles. The first-order chi connectivity index (χ1) is 11.4. The molecule has 132 valence electrons. The number of allylic oxidation sites excluding steroid dienone is 2. The summed E-state index contributed by atoms with van der Waals surface area (Å²) in [5.74, 6) is 1.03. The first-order valence-corrected chi connectivity index (χ1v) is 8.55. The fraction of sp³-hybridized carbons (Fsp3) is 0.476. The van der Waals surface area contributed by atoms with Crippen LogP contribution in [-0.2, 0) is 9.53 Å². The summed E-state index contributed by atoms with van der Waals surface area (Å²) < 4.78 is 10.5. The van der Waals surface area contributed by atoms with E-state index in [0.717, 1.165) is 36.1 Å². The molecule has 0 bridgehead atoms. The summed E-state index contributed by atoms with van der Waals surface area (Å²) in [6.07, 6.45) is 8.62. The van der Waals surface area contributed by atoms with Crippen molar-refractivity contribution in [2.75, 3.05) is 13.7 Å². The Morgan fingerprint density at radius 3 is 2.67 bits per heavy atom. The lowest BCUT2D eigenvalue weighted by atomic mass is 10.0. The molecule has 1 rings (SSSR count). The number of carbonyl (C=O) groups excluding carboxylic acids is 1. The van der Waals surface area contributed by atoms with Crippen LogP contribution in [0.2, 0.25) is 0 Å². The molecule has 0 aromatic heterocycles. The van der Waals surface area contributed by atoms with Gasteiger partial charge in [0.2, 0.25) is 0 Å². The zero-order valence-corrected chi connectivity index (χ0v) is 15.6. The van der Waals surface area contributed by atoms with Crippen LogP contribution in [0.5, 0.6) is 5.75 Å². The molecule has 0 aliphatic rings. The van der Waals surface area contributed by atoms with Crippen molar-refractivity contribution in [1.29, 1.82) is 0 Å². The molecular formula is C21H30O3. The molecule has 0 saturated carbocycles. The van der Waals surface area contributed by atoms with Crippen molar-refractivity contribution in [1.82, 2.24) is 0 Å². The summed E-state index contributed by atoms with van der Waals surface area (Å²) >= 11 is 0. The number of esters is 1. The van der Waals surface area contributed by atoms with Gasteiger partial charge in [-0.25, -0.2) is 4.79 Å². The fourth-order valence-corrected chi connectivity index (χ4v) is 2.29. The first-order valence-electron chi connectivity index (χ1n) is 8.55. The smallest absolute Gasteiger partial charge is 0.330 e. The Labute approximate surface area is 146 Å². The van der Waals surface area contributed by atoms with Crippen LogP contribution < -0.4 is 4.74 Å². The Bertz CT molecular complexity index is 581. The number of hydrogen-bond acceptors (Lipinski definition) is 3. The third-order valence-electron chi connectivity index (χ3n) is 3.95.